The molecule has 4 heterocycles. The molecule has 4 rings (SSSR count). The van der Waals surface area contributed by atoms with Crippen LogP contribution in [0, 0.1) is 13.8 Å². The van der Waals surface area contributed by atoms with Gasteiger partial charge in [-0.1, -0.05) is 6.07 Å². The maximum absolute atomic E-state index is 13.0. The number of hydrogen-bond acceptors (Lipinski definition) is 4. The quantitative estimate of drug-likeness (QED) is 0.435. The zero-order valence-corrected chi connectivity index (χ0v) is 16.8. The van der Waals surface area contributed by atoms with Crippen molar-refractivity contribution in [3.63, 3.8) is 0 Å². The highest BCUT2D eigenvalue weighted by Gasteiger charge is 2.18. The van der Waals surface area contributed by atoms with E-state index in [1.807, 2.05) is 31.2 Å². The van der Waals surface area contributed by atoms with Crippen molar-refractivity contribution in [1.29, 1.82) is 0 Å². The first kappa shape index (κ1) is 18.4. The van der Waals surface area contributed by atoms with Crippen molar-refractivity contribution in [2.45, 2.75) is 33.4 Å². The van der Waals surface area contributed by atoms with E-state index in [2.05, 4.69) is 39.1 Å². The Hall–Kier alpha value is -2.99. The van der Waals surface area contributed by atoms with E-state index in [9.17, 15) is 4.79 Å². The van der Waals surface area contributed by atoms with Crippen LogP contribution in [0.5, 0.6) is 0 Å². The lowest BCUT2D eigenvalue weighted by molar-refractivity contribution is 0.0967. The van der Waals surface area contributed by atoms with Gasteiger partial charge in [-0.15, -0.1) is 11.3 Å². The van der Waals surface area contributed by atoms with Crippen molar-refractivity contribution in [1.82, 2.24) is 19.3 Å². The van der Waals surface area contributed by atoms with E-state index in [0.717, 1.165) is 41.2 Å². The molecule has 0 aliphatic heterocycles. The molecule has 5 nitrogen and oxygen atoms in total. The molecule has 142 valence electrons. The molecule has 0 aliphatic rings. The fraction of sp³-hybridized carbons (Fsp3) is 0.227. The van der Waals surface area contributed by atoms with Gasteiger partial charge >= 0.3 is 0 Å². The molecule has 0 atom stereocenters. The summed E-state index contributed by atoms with van der Waals surface area (Å²) >= 11 is 1.77. The molecule has 0 N–H and O–H groups in total. The fourth-order valence-corrected chi connectivity index (χ4v) is 4.25. The molecule has 0 amide bonds. The fourth-order valence-electron chi connectivity index (χ4n) is 3.55. The molecule has 0 fully saturated rings. The molecule has 4 aromatic heterocycles. The summed E-state index contributed by atoms with van der Waals surface area (Å²) in [5.41, 5.74) is 4.84. The number of rotatable bonds is 7. The molecule has 0 saturated carbocycles. The van der Waals surface area contributed by atoms with E-state index >= 15 is 0 Å². The topological polar surface area (TPSA) is 52.7 Å². The maximum atomic E-state index is 13.0. The molecule has 0 saturated heterocycles. The van der Waals surface area contributed by atoms with Crippen LogP contribution in [0.1, 0.15) is 26.6 Å². The van der Waals surface area contributed by atoms with Gasteiger partial charge in [0.25, 0.3) is 0 Å². The van der Waals surface area contributed by atoms with Gasteiger partial charge in [0.15, 0.2) is 5.78 Å². The van der Waals surface area contributed by atoms with Crippen LogP contribution in [0.15, 0.2) is 60.4 Å². The minimum Gasteiger partial charge on any atom is -0.348 e. The number of thiophene rings is 1. The van der Waals surface area contributed by atoms with Crippen LogP contribution >= 0.6 is 11.3 Å². The van der Waals surface area contributed by atoms with Crippen LogP contribution < -0.4 is 0 Å². The minimum absolute atomic E-state index is 0.0782. The monoisotopic (exact) mass is 390 g/mol. The van der Waals surface area contributed by atoms with Gasteiger partial charge in [0, 0.05) is 52.5 Å². The van der Waals surface area contributed by atoms with Crippen LogP contribution in [-0.4, -0.2) is 25.1 Å². The largest absolute Gasteiger partial charge is 0.348 e. The van der Waals surface area contributed by atoms with Gasteiger partial charge in [-0.3, -0.25) is 14.5 Å². The van der Waals surface area contributed by atoms with Gasteiger partial charge in [-0.25, -0.2) is 0 Å². The van der Waals surface area contributed by atoms with E-state index in [0.29, 0.717) is 0 Å². The minimum atomic E-state index is 0.0782. The number of carbonyl (C=O) groups is 1. The van der Waals surface area contributed by atoms with Crippen LogP contribution in [-0.2, 0) is 19.5 Å². The number of ketones is 1. The summed E-state index contributed by atoms with van der Waals surface area (Å²) in [4.78, 5) is 18.4. The maximum Gasteiger partial charge on any atom is 0.186 e. The first-order chi connectivity index (χ1) is 13.6. The van der Waals surface area contributed by atoms with Gasteiger partial charge < -0.3 is 4.57 Å². The molecular formula is C22H22N4OS. The van der Waals surface area contributed by atoms with Gasteiger partial charge in [0.2, 0.25) is 0 Å². The third-order valence-corrected chi connectivity index (χ3v) is 5.96. The summed E-state index contributed by atoms with van der Waals surface area (Å²) in [7, 11) is 0. The third-order valence-electron chi connectivity index (χ3n) is 5.02. The highest BCUT2D eigenvalue weighted by molar-refractivity contribution is 7.09. The second-order valence-electron chi connectivity index (χ2n) is 6.80. The van der Waals surface area contributed by atoms with E-state index < -0.39 is 0 Å². The van der Waals surface area contributed by atoms with Gasteiger partial charge in [0.1, 0.15) is 6.54 Å². The molecular weight excluding hydrogens is 368 g/mol. The average molecular weight is 391 g/mol. The predicted octanol–water partition coefficient (Wildman–Crippen LogP) is 4.55. The van der Waals surface area contributed by atoms with Crippen LogP contribution in [0.3, 0.4) is 0 Å². The zero-order chi connectivity index (χ0) is 19.5. The van der Waals surface area contributed by atoms with Crippen molar-refractivity contribution in [2.24, 2.45) is 0 Å². The van der Waals surface area contributed by atoms with E-state index in [-0.39, 0.29) is 12.3 Å². The summed E-state index contributed by atoms with van der Waals surface area (Å²) < 4.78 is 4.00. The summed E-state index contributed by atoms with van der Waals surface area (Å²) in [5, 5.41) is 6.46. The molecule has 4 aromatic rings. The number of aryl methyl sites for hydroxylation is 2. The van der Waals surface area contributed by atoms with Crippen molar-refractivity contribution in [3.8, 4) is 11.3 Å². The predicted molar refractivity (Wildman–Crippen MR) is 112 cm³/mol. The Bertz CT molecular complexity index is 1080. The Morgan fingerprint density at radius 2 is 1.93 bits per heavy atom. The number of carbonyl (C=O) groups excluding carboxylic acids is 1. The van der Waals surface area contributed by atoms with E-state index in [1.54, 1.807) is 34.6 Å². The Balaban J connectivity index is 1.53. The van der Waals surface area contributed by atoms with E-state index in [1.165, 1.54) is 4.88 Å². The molecule has 0 unspecified atom stereocenters. The zero-order valence-electron chi connectivity index (χ0n) is 16.0. The number of pyridine rings is 1. The summed E-state index contributed by atoms with van der Waals surface area (Å²) in [6.45, 7) is 5.20. The lowest BCUT2D eigenvalue weighted by atomic mass is 10.1. The number of aromatic nitrogens is 4. The lowest BCUT2D eigenvalue weighted by Crippen LogP contribution is -2.14. The molecule has 6 heteroatoms. The Morgan fingerprint density at radius 3 is 2.68 bits per heavy atom. The van der Waals surface area contributed by atoms with Crippen molar-refractivity contribution in [3.05, 3.63) is 82.2 Å². The molecule has 0 spiro atoms. The van der Waals surface area contributed by atoms with Crippen LogP contribution in [0.4, 0.5) is 0 Å². The Morgan fingerprint density at radius 1 is 1.11 bits per heavy atom. The van der Waals surface area contributed by atoms with Crippen LogP contribution in [0.25, 0.3) is 11.3 Å². The second kappa shape index (κ2) is 7.94. The van der Waals surface area contributed by atoms with E-state index in [4.69, 9.17) is 0 Å². The molecule has 0 radical (unpaired) electrons. The molecule has 0 aromatic carbocycles. The summed E-state index contributed by atoms with van der Waals surface area (Å²) in [6, 6.07) is 12.0. The summed E-state index contributed by atoms with van der Waals surface area (Å²) in [5.74, 6) is 0.0782. The second-order valence-corrected chi connectivity index (χ2v) is 7.83. The number of hydrogen-bond donors (Lipinski definition) is 0. The molecule has 28 heavy (non-hydrogen) atoms. The van der Waals surface area contributed by atoms with Gasteiger partial charge in [0.05, 0.1) is 5.69 Å². The van der Waals surface area contributed by atoms with Crippen molar-refractivity contribution < 1.29 is 4.79 Å². The first-order valence-corrected chi connectivity index (χ1v) is 10.2. The summed E-state index contributed by atoms with van der Waals surface area (Å²) in [6.07, 6.45) is 6.20. The smallest absolute Gasteiger partial charge is 0.186 e. The van der Waals surface area contributed by atoms with Gasteiger partial charge in [-0.2, -0.15) is 5.10 Å². The van der Waals surface area contributed by atoms with Crippen LogP contribution in [0.2, 0.25) is 0 Å². The lowest BCUT2D eigenvalue weighted by Gasteiger charge is -2.10. The first-order valence-electron chi connectivity index (χ1n) is 9.28. The average Bonchev–Trinajstić information content (AvgIpc) is 3.43. The number of Topliss-reactive ketones (excluding diaryl/α,β-unsaturated/α-hetero) is 1. The standard InChI is InChI=1S/C22H22N4OS/c1-16-14-20(17(2)25(16)12-8-19-4-3-13-28-19)22(27)15-26-21(7-11-24-26)18-5-9-23-10-6-18/h3-7,9-11,13-14H,8,12,15H2,1-2H3. The Labute approximate surface area is 168 Å². The SMILES string of the molecule is Cc1cc(C(=O)Cn2nccc2-c2ccncc2)c(C)n1CCc1cccs1. The highest BCUT2D eigenvalue weighted by atomic mass is 32.1. The highest BCUT2D eigenvalue weighted by Crippen LogP contribution is 2.21. The molecule has 0 bridgehead atoms. The number of nitrogens with zero attached hydrogens (tertiary/aromatic N) is 4. The Kier molecular flexibility index (Phi) is 5.21. The van der Waals surface area contributed by atoms with Gasteiger partial charge in [-0.05, 0) is 56.0 Å². The van der Waals surface area contributed by atoms with Crippen molar-refractivity contribution in [2.75, 3.05) is 0 Å². The third kappa shape index (κ3) is 3.68. The normalized spacial score (nSPS) is 11.1. The van der Waals surface area contributed by atoms with Crippen molar-refractivity contribution >= 4 is 17.1 Å². The molecule has 0 aliphatic carbocycles.